The molecule has 1 saturated heterocycles. The molecular weight excluding hydrogens is 320 g/mol. The quantitative estimate of drug-likeness (QED) is 0.932. The minimum absolute atomic E-state index is 0.0286. The van der Waals surface area contributed by atoms with Crippen molar-refractivity contribution in [1.29, 1.82) is 0 Å². The smallest absolute Gasteiger partial charge is 0.240 e. The van der Waals surface area contributed by atoms with E-state index in [0.717, 1.165) is 34.8 Å². The standard InChI is InChI=1S/C15H17BrN2O2/c16-12-3-4-14-11(8-12)5-6-18(14)10-15(19)17-9-13-2-1-7-20-13/h3-6,8,13H,1-2,7,9-10H2,(H,17,19). The Morgan fingerprint density at radius 1 is 1.45 bits per heavy atom. The van der Waals surface area contributed by atoms with Crippen LogP contribution in [-0.4, -0.2) is 29.7 Å². The minimum atomic E-state index is 0.0286. The molecule has 5 heteroatoms. The third-order valence-electron chi connectivity index (χ3n) is 3.60. The number of nitrogens with zero attached hydrogens (tertiary/aromatic N) is 1. The lowest BCUT2D eigenvalue weighted by Crippen LogP contribution is -2.33. The summed E-state index contributed by atoms with van der Waals surface area (Å²) >= 11 is 3.45. The topological polar surface area (TPSA) is 43.3 Å². The monoisotopic (exact) mass is 336 g/mol. The lowest BCUT2D eigenvalue weighted by Gasteiger charge is -2.11. The maximum Gasteiger partial charge on any atom is 0.240 e. The van der Waals surface area contributed by atoms with Crippen LogP contribution < -0.4 is 5.32 Å². The van der Waals surface area contributed by atoms with Crippen LogP contribution in [0.15, 0.2) is 34.9 Å². The average Bonchev–Trinajstić information content (AvgIpc) is 3.06. The number of benzene rings is 1. The zero-order valence-corrected chi connectivity index (χ0v) is 12.7. The van der Waals surface area contributed by atoms with Crippen LogP contribution in [0.1, 0.15) is 12.8 Å². The summed E-state index contributed by atoms with van der Waals surface area (Å²) < 4.78 is 8.51. The zero-order chi connectivity index (χ0) is 13.9. The Balaban J connectivity index is 1.62. The average molecular weight is 337 g/mol. The molecule has 0 bridgehead atoms. The van der Waals surface area contributed by atoms with Gasteiger partial charge < -0.3 is 14.6 Å². The minimum Gasteiger partial charge on any atom is -0.376 e. The highest BCUT2D eigenvalue weighted by Crippen LogP contribution is 2.20. The van der Waals surface area contributed by atoms with Crippen molar-refractivity contribution >= 4 is 32.7 Å². The van der Waals surface area contributed by atoms with Gasteiger partial charge in [-0.05, 0) is 37.1 Å². The van der Waals surface area contributed by atoms with Crippen molar-refractivity contribution in [1.82, 2.24) is 9.88 Å². The van der Waals surface area contributed by atoms with Crippen LogP contribution in [0, 0.1) is 0 Å². The molecule has 1 atom stereocenters. The molecule has 0 spiro atoms. The summed E-state index contributed by atoms with van der Waals surface area (Å²) in [5.74, 6) is 0.0286. The number of ether oxygens (including phenoxy) is 1. The highest BCUT2D eigenvalue weighted by Gasteiger charge is 2.16. The molecular formula is C15H17BrN2O2. The number of rotatable bonds is 4. The predicted octanol–water partition coefficient (Wildman–Crippen LogP) is 2.70. The Labute approximate surface area is 126 Å². The fourth-order valence-electron chi connectivity index (χ4n) is 2.55. The van der Waals surface area contributed by atoms with Gasteiger partial charge >= 0.3 is 0 Å². The van der Waals surface area contributed by atoms with Crippen molar-refractivity contribution in [2.24, 2.45) is 0 Å². The van der Waals surface area contributed by atoms with Crippen molar-refractivity contribution < 1.29 is 9.53 Å². The molecule has 106 valence electrons. The molecule has 1 aromatic carbocycles. The number of halogens is 1. The van der Waals surface area contributed by atoms with Gasteiger partial charge in [0.2, 0.25) is 5.91 Å². The first-order valence-electron chi connectivity index (χ1n) is 6.85. The molecule has 2 aromatic rings. The molecule has 0 aliphatic carbocycles. The third-order valence-corrected chi connectivity index (χ3v) is 4.09. The van der Waals surface area contributed by atoms with E-state index in [1.54, 1.807) is 0 Å². The van der Waals surface area contributed by atoms with Crippen LogP contribution in [0.2, 0.25) is 0 Å². The molecule has 1 aliphatic rings. The van der Waals surface area contributed by atoms with E-state index in [-0.39, 0.29) is 12.0 Å². The van der Waals surface area contributed by atoms with E-state index in [9.17, 15) is 4.79 Å². The summed E-state index contributed by atoms with van der Waals surface area (Å²) in [6.45, 7) is 1.78. The van der Waals surface area contributed by atoms with Crippen LogP contribution in [0.25, 0.3) is 10.9 Å². The first kappa shape index (κ1) is 13.6. The Morgan fingerprint density at radius 2 is 2.35 bits per heavy atom. The van der Waals surface area contributed by atoms with Crippen molar-refractivity contribution in [2.75, 3.05) is 13.2 Å². The summed E-state index contributed by atoms with van der Waals surface area (Å²) in [6.07, 6.45) is 4.28. The van der Waals surface area contributed by atoms with E-state index in [0.29, 0.717) is 13.1 Å². The second-order valence-corrected chi connectivity index (χ2v) is 6.00. The molecule has 20 heavy (non-hydrogen) atoms. The molecule has 0 radical (unpaired) electrons. The number of hydrogen-bond donors (Lipinski definition) is 1. The molecule has 1 N–H and O–H groups in total. The number of nitrogens with one attached hydrogen (secondary N) is 1. The molecule has 1 aliphatic heterocycles. The van der Waals surface area contributed by atoms with Gasteiger partial charge in [-0.25, -0.2) is 0 Å². The van der Waals surface area contributed by atoms with Gasteiger partial charge in [0.25, 0.3) is 0 Å². The van der Waals surface area contributed by atoms with Crippen molar-refractivity contribution in [3.05, 3.63) is 34.9 Å². The molecule has 1 amide bonds. The number of carbonyl (C=O) groups excluding carboxylic acids is 1. The first-order chi connectivity index (χ1) is 9.72. The normalized spacial score (nSPS) is 18.6. The molecule has 0 saturated carbocycles. The number of carbonyl (C=O) groups is 1. The molecule has 1 aromatic heterocycles. The fraction of sp³-hybridized carbons (Fsp3) is 0.400. The summed E-state index contributed by atoms with van der Waals surface area (Å²) in [7, 11) is 0. The van der Waals surface area contributed by atoms with E-state index < -0.39 is 0 Å². The first-order valence-corrected chi connectivity index (χ1v) is 7.64. The van der Waals surface area contributed by atoms with Gasteiger partial charge in [-0.3, -0.25) is 4.79 Å². The Hall–Kier alpha value is -1.33. The van der Waals surface area contributed by atoms with E-state index in [2.05, 4.69) is 27.3 Å². The Morgan fingerprint density at radius 3 is 3.15 bits per heavy atom. The lowest BCUT2D eigenvalue weighted by atomic mass is 10.2. The molecule has 1 fully saturated rings. The number of hydrogen-bond acceptors (Lipinski definition) is 2. The highest BCUT2D eigenvalue weighted by molar-refractivity contribution is 9.10. The van der Waals surface area contributed by atoms with Crippen LogP contribution in [0.3, 0.4) is 0 Å². The van der Waals surface area contributed by atoms with Crippen molar-refractivity contribution in [3.63, 3.8) is 0 Å². The van der Waals surface area contributed by atoms with Gasteiger partial charge in [0.1, 0.15) is 6.54 Å². The van der Waals surface area contributed by atoms with Gasteiger partial charge in [0.15, 0.2) is 0 Å². The van der Waals surface area contributed by atoms with Gasteiger partial charge in [0.05, 0.1) is 6.10 Å². The number of aromatic nitrogens is 1. The SMILES string of the molecule is O=C(Cn1ccc2cc(Br)ccc21)NCC1CCCO1. The highest BCUT2D eigenvalue weighted by atomic mass is 79.9. The number of fused-ring (bicyclic) bond motifs is 1. The summed E-state index contributed by atoms with van der Waals surface area (Å²) in [6, 6.07) is 8.08. The Bertz CT molecular complexity index is 617. The van der Waals surface area contributed by atoms with Crippen LogP contribution in [0.5, 0.6) is 0 Å². The molecule has 3 rings (SSSR count). The van der Waals surface area contributed by atoms with E-state index in [4.69, 9.17) is 4.74 Å². The second-order valence-electron chi connectivity index (χ2n) is 5.09. The third kappa shape index (κ3) is 3.04. The fourth-order valence-corrected chi connectivity index (χ4v) is 2.93. The van der Waals surface area contributed by atoms with Gasteiger partial charge in [-0.15, -0.1) is 0 Å². The zero-order valence-electron chi connectivity index (χ0n) is 11.1. The van der Waals surface area contributed by atoms with E-state index >= 15 is 0 Å². The van der Waals surface area contributed by atoms with Gasteiger partial charge in [-0.1, -0.05) is 15.9 Å². The summed E-state index contributed by atoms with van der Waals surface area (Å²) in [5, 5.41) is 4.08. The lowest BCUT2D eigenvalue weighted by molar-refractivity contribution is -0.122. The molecule has 1 unspecified atom stereocenters. The maximum atomic E-state index is 12.0. The second kappa shape index (κ2) is 5.97. The van der Waals surface area contributed by atoms with E-state index in [1.165, 1.54) is 0 Å². The molecule has 4 nitrogen and oxygen atoms in total. The maximum absolute atomic E-state index is 12.0. The van der Waals surface area contributed by atoms with Crippen LogP contribution in [0.4, 0.5) is 0 Å². The van der Waals surface area contributed by atoms with Crippen molar-refractivity contribution in [2.45, 2.75) is 25.5 Å². The predicted molar refractivity (Wildman–Crippen MR) is 81.6 cm³/mol. The summed E-state index contributed by atoms with van der Waals surface area (Å²) in [4.78, 5) is 12.0. The van der Waals surface area contributed by atoms with Crippen molar-refractivity contribution in [3.8, 4) is 0 Å². The Kier molecular flexibility index (Phi) is 4.08. The van der Waals surface area contributed by atoms with E-state index in [1.807, 2.05) is 29.0 Å². The molecule has 2 heterocycles. The summed E-state index contributed by atoms with van der Waals surface area (Å²) in [5.41, 5.74) is 1.07. The van der Waals surface area contributed by atoms with Crippen LogP contribution in [-0.2, 0) is 16.1 Å². The van der Waals surface area contributed by atoms with Gasteiger partial charge in [-0.2, -0.15) is 0 Å². The number of amides is 1. The van der Waals surface area contributed by atoms with Crippen LogP contribution >= 0.6 is 15.9 Å². The largest absolute Gasteiger partial charge is 0.376 e. The van der Waals surface area contributed by atoms with Gasteiger partial charge in [0, 0.05) is 34.7 Å².